The first kappa shape index (κ1) is 9.31. The minimum absolute atomic E-state index is 0.548. The topological polar surface area (TPSA) is 20.2 Å². The second-order valence-electron chi connectivity index (χ2n) is 3.67. The van der Waals surface area contributed by atoms with E-state index in [1.54, 1.807) is 0 Å². The molecule has 0 aromatic rings. The van der Waals surface area contributed by atoms with Crippen LogP contribution in [-0.4, -0.2) is 10.7 Å². The molecule has 1 aliphatic carbocycles. The summed E-state index contributed by atoms with van der Waals surface area (Å²) in [5, 5.41) is 9.73. The Morgan fingerprint density at radius 3 is 2.50 bits per heavy atom. The largest absolute Gasteiger partial charge is 0.385 e. The lowest BCUT2D eigenvalue weighted by atomic mass is 10.0. The Kier molecular flexibility index (Phi) is 2.56. The monoisotopic (exact) mass is 164 g/mol. The quantitative estimate of drug-likeness (QED) is 0.502. The lowest BCUT2D eigenvalue weighted by Crippen LogP contribution is -2.09. The van der Waals surface area contributed by atoms with Gasteiger partial charge in [0.2, 0.25) is 0 Å². The summed E-state index contributed by atoms with van der Waals surface area (Å²) < 4.78 is 0. The van der Waals surface area contributed by atoms with Gasteiger partial charge in [0.05, 0.1) is 5.60 Å². The zero-order chi connectivity index (χ0) is 9.19. The van der Waals surface area contributed by atoms with Crippen molar-refractivity contribution in [1.82, 2.24) is 0 Å². The SMILES string of the molecule is C=C=C(CC=C(C)C)C1(O)CC1. The highest BCUT2D eigenvalue weighted by Gasteiger charge is 2.43. The smallest absolute Gasteiger partial charge is 0.0935 e. The molecular formula is C11H16O. The molecule has 0 amide bonds. The first-order chi connectivity index (χ1) is 5.58. The zero-order valence-electron chi connectivity index (χ0n) is 7.85. The maximum atomic E-state index is 9.73. The molecule has 0 bridgehead atoms. The van der Waals surface area contributed by atoms with Gasteiger partial charge in [0.15, 0.2) is 0 Å². The molecule has 1 nitrogen and oxygen atoms in total. The van der Waals surface area contributed by atoms with E-state index < -0.39 is 5.60 Å². The van der Waals surface area contributed by atoms with Crippen molar-refractivity contribution < 1.29 is 5.11 Å². The van der Waals surface area contributed by atoms with Crippen LogP contribution in [0, 0.1) is 0 Å². The molecule has 0 heterocycles. The van der Waals surface area contributed by atoms with Gasteiger partial charge in [0.1, 0.15) is 0 Å². The van der Waals surface area contributed by atoms with Crippen molar-refractivity contribution >= 4 is 0 Å². The van der Waals surface area contributed by atoms with Gasteiger partial charge < -0.3 is 5.11 Å². The van der Waals surface area contributed by atoms with Crippen LogP contribution in [0.5, 0.6) is 0 Å². The van der Waals surface area contributed by atoms with E-state index in [0.717, 1.165) is 24.8 Å². The fourth-order valence-corrected chi connectivity index (χ4v) is 1.15. The predicted molar refractivity (Wildman–Crippen MR) is 50.9 cm³/mol. The van der Waals surface area contributed by atoms with Crippen LogP contribution in [0.4, 0.5) is 0 Å². The lowest BCUT2D eigenvalue weighted by Gasteiger charge is -2.08. The Morgan fingerprint density at radius 1 is 1.58 bits per heavy atom. The van der Waals surface area contributed by atoms with Crippen molar-refractivity contribution in [1.29, 1.82) is 0 Å². The number of hydrogen-bond acceptors (Lipinski definition) is 1. The average molecular weight is 164 g/mol. The van der Waals surface area contributed by atoms with Crippen molar-refractivity contribution in [3.63, 3.8) is 0 Å². The van der Waals surface area contributed by atoms with Gasteiger partial charge in [-0.25, -0.2) is 0 Å². The highest BCUT2D eigenvalue weighted by molar-refractivity contribution is 5.25. The summed E-state index contributed by atoms with van der Waals surface area (Å²) in [6, 6.07) is 0. The highest BCUT2D eigenvalue weighted by Crippen LogP contribution is 2.42. The van der Waals surface area contributed by atoms with Gasteiger partial charge in [0.25, 0.3) is 0 Å². The van der Waals surface area contributed by atoms with Crippen LogP contribution in [0.25, 0.3) is 0 Å². The number of aliphatic hydroxyl groups is 1. The first-order valence-electron chi connectivity index (χ1n) is 4.33. The third kappa shape index (κ3) is 2.10. The first-order valence-corrected chi connectivity index (χ1v) is 4.33. The molecule has 0 radical (unpaired) electrons. The molecule has 0 aromatic heterocycles. The molecule has 0 aromatic carbocycles. The molecule has 66 valence electrons. The molecule has 1 N–H and O–H groups in total. The van der Waals surface area contributed by atoms with Gasteiger partial charge in [-0.05, 0) is 33.1 Å². The van der Waals surface area contributed by atoms with Crippen LogP contribution in [0.2, 0.25) is 0 Å². The molecule has 0 spiro atoms. The van der Waals surface area contributed by atoms with Crippen molar-refractivity contribution in [3.05, 3.63) is 29.5 Å². The summed E-state index contributed by atoms with van der Waals surface area (Å²) in [5.41, 5.74) is 4.50. The Labute approximate surface area is 74.1 Å². The summed E-state index contributed by atoms with van der Waals surface area (Å²) in [6.45, 7) is 7.70. The van der Waals surface area contributed by atoms with Gasteiger partial charge in [-0.2, -0.15) is 0 Å². The third-order valence-electron chi connectivity index (χ3n) is 2.21. The second-order valence-corrected chi connectivity index (χ2v) is 3.67. The summed E-state index contributed by atoms with van der Waals surface area (Å²) in [5.74, 6) is 0. The summed E-state index contributed by atoms with van der Waals surface area (Å²) in [4.78, 5) is 0. The minimum atomic E-state index is -0.548. The summed E-state index contributed by atoms with van der Waals surface area (Å²) >= 11 is 0. The molecule has 0 atom stereocenters. The molecular weight excluding hydrogens is 148 g/mol. The number of rotatable bonds is 3. The van der Waals surface area contributed by atoms with Crippen molar-refractivity contribution in [2.45, 2.75) is 38.7 Å². The number of allylic oxidation sites excluding steroid dienone is 2. The molecule has 1 heteroatoms. The molecule has 1 fully saturated rings. The zero-order valence-corrected chi connectivity index (χ0v) is 7.85. The van der Waals surface area contributed by atoms with E-state index in [2.05, 4.69) is 32.2 Å². The van der Waals surface area contributed by atoms with Gasteiger partial charge in [-0.3, -0.25) is 0 Å². The Morgan fingerprint density at radius 2 is 2.17 bits per heavy atom. The molecule has 0 unspecified atom stereocenters. The van der Waals surface area contributed by atoms with Crippen LogP contribution in [-0.2, 0) is 0 Å². The maximum Gasteiger partial charge on any atom is 0.0935 e. The van der Waals surface area contributed by atoms with E-state index in [4.69, 9.17) is 0 Å². The van der Waals surface area contributed by atoms with Gasteiger partial charge in [0, 0.05) is 5.57 Å². The normalized spacial score (nSPS) is 17.9. The van der Waals surface area contributed by atoms with Crippen molar-refractivity contribution in [2.24, 2.45) is 0 Å². The van der Waals surface area contributed by atoms with E-state index in [9.17, 15) is 5.11 Å². The Bertz CT molecular complexity index is 246. The van der Waals surface area contributed by atoms with E-state index in [-0.39, 0.29) is 0 Å². The minimum Gasteiger partial charge on any atom is -0.385 e. The van der Waals surface area contributed by atoms with Gasteiger partial charge in [-0.15, -0.1) is 5.73 Å². The fourth-order valence-electron chi connectivity index (χ4n) is 1.15. The van der Waals surface area contributed by atoms with Crippen LogP contribution < -0.4 is 0 Å². The molecule has 1 aliphatic rings. The van der Waals surface area contributed by atoms with Crippen LogP contribution in [0.1, 0.15) is 33.1 Å². The van der Waals surface area contributed by atoms with Crippen LogP contribution >= 0.6 is 0 Å². The van der Waals surface area contributed by atoms with E-state index >= 15 is 0 Å². The maximum absolute atomic E-state index is 9.73. The third-order valence-corrected chi connectivity index (χ3v) is 2.21. The van der Waals surface area contributed by atoms with E-state index in [0.29, 0.717) is 0 Å². The second kappa shape index (κ2) is 3.30. The molecule has 1 saturated carbocycles. The molecule has 0 saturated heterocycles. The fraction of sp³-hybridized carbons (Fsp3) is 0.545. The van der Waals surface area contributed by atoms with Crippen LogP contribution in [0.15, 0.2) is 29.5 Å². The standard InChI is InChI=1S/C11H16O/c1-4-10(6-5-9(2)3)11(12)7-8-11/h5,12H,1,6-8H2,2-3H3. The van der Waals surface area contributed by atoms with E-state index in [1.165, 1.54) is 5.57 Å². The molecule has 0 aliphatic heterocycles. The van der Waals surface area contributed by atoms with Crippen molar-refractivity contribution in [3.8, 4) is 0 Å². The Balaban J connectivity index is 2.60. The molecule has 12 heavy (non-hydrogen) atoms. The van der Waals surface area contributed by atoms with Crippen molar-refractivity contribution in [2.75, 3.05) is 0 Å². The van der Waals surface area contributed by atoms with Crippen LogP contribution in [0.3, 0.4) is 0 Å². The lowest BCUT2D eigenvalue weighted by molar-refractivity contribution is 0.187. The molecule has 1 rings (SSSR count). The highest BCUT2D eigenvalue weighted by atomic mass is 16.3. The summed E-state index contributed by atoms with van der Waals surface area (Å²) in [6.07, 6.45) is 4.65. The number of hydrogen-bond donors (Lipinski definition) is 1. The van der Waals surface area contributed by atoms with E-state index in [1.807, 2.05) is 0 Å². The average Bonchev–Trinajstić information content (AvgIpc) is 2.69. The predicted octanol–water partition coefficient (Wildman–Crippen LogP) is 2.58. The Hall–Kier alpha value is -0.780. The summed E-state index contributed by atoms with van der Waals surface area (Å²) in [7, 11) is 0. The van der Waals surface area contributed by atoms with Gasteiger partial charge in [-0.1, -0.05) is 18.2 Å². The van der Waals surface area contributed by atoms with Gasteiger partial charge >= 0.3 is 0 Å².